The molecule has 2 rings (SSSR count). The third-order valence-electron chi connectivity index (χ3n) is 3.74. The highest BCUT2D eigenvalue weighted by molar-refractivity contribution is 7.99. The van der Waals surface area contributed by atoms with E-state index in [4.69, 9.17) is 0 Å². The first-order valence-electron chi connectivity index (χ1n) is 8.42. The summed E-state index contributed by atoms with van der Waals surface area (Å²) in [5, 5.41) is 2.90. The lowest BCUT2D eigenvalue weighted by atomic mass is 10.1. The van der Waals surface area contributed by atoms with Crippen LogP contribution < -0.4 is 10.0 Å². The van der Waals surface area contributed by atoms with Gasteiger partial charge in [-0.15, -0.1) is 11.8 Å². The van der Waals surface area contributed by atoms with Gasteiger partial charge in [0.1, 0.15) is 0 Å². The molecule has 0 aromatic heterocycles. The predicted molar refractivity (Wildman–Crippen MR) is 106 cm³/mol. The van der Waals surface area contributed by atoms with Gasteiger partial charge in [-0.25, -0.2) is 13.1 Å². The minimum absolute atomic E-state index is 0.0282. The average molecular weight is 393 g/mol. The number of rotatable bonds is 10. The molecule has 2 aromatic carbocycles. The van der Waals surface area contributed by atoms with Crippen LogP contribution in [0.4, 0.5) is 0 Å². The molecule has 26 heavy (non-hydrogen) atoms. The van der Waals surface area contributed by atoms with E-state index in [0.717, 1.165) is 17.7 Å². The Morgan fingerprint density at radius 1 is 1.00 bits per heavy atom. The van der Waals surface area contributed by atoms with Crippen molar-refractivity contribution in [3.8, 4) is 0 Å². The number of hydrogen-bond donors (Lipinski definition) is 2. The fourth-order valence-corrected chi connectivity index (χ4v) is 3.92. The molecule has 0 spiro atoms. The Morgan fingerprint density at radius 2 is 1.65 bits per heavy atom. The number of hydrogen-bond acceptors (Lipinski definition) is 4. The zero-order chi connectivity index (χ0) is 18.8. The van der Waals surface area contributed by atoms with E-state index in [0.29, 0.717) is 18.5 Å². The van der Waals surface area contributed by atoms with Gasteiger partial charge in [-0.3, -0.25) is 4.79 Å². The molecular formula is C19H24N2O3S2. The monoisotopic (exact) mass is 392 g/mol. The second-order valence-corrected chi connectivity index (χ2v) is 8.92. The standard InChI is InChI=1S/C19H24N2O3S2/c1-20-26(23,24)15-17-11-9-16(10-12-17)14-21-19(22)8-5-13-25-18-6-3-2-4-7-18/h2-4,6-7,9-12,20H,5,8,13-15H2,1H3,(H,21,22). The summed E-state index contributed by atoms with van der Waals surface area (Å²) >= 11 is 1.75. The summed E-state index contributed by atoms with van der Waals surface area (Å²) < 4.78 is 25.3. The van der Waals surface area contributed by atoms with Gasteiger partial charge in [-0.05, 0) is 42.5 Å². The van der Waals surface area contributed by atoms with E-state index in [1.54, 1.807) is 23.9 Å². The normalized spacial score (nSPS) is 11.3. The molecule has 0 saturated heterocycles. The third kappa shape index (κ3) is 7.59. The maximum Gasteiger partial charge on any atom is 0.220 e. The molecule has 1 amide bonds. The van der Waals surface area contributed by atoms with E-state index in [1.165, 1.54) is 11.9 Å². The number of carbonyl (C=O) groups excluding carboxylic acids is 1. The molecule has 0 unspecified atom stereocenters. The molecule has 5 nitrogen and oxygen atoms in total. The zero-order valence-electron chi connectivity index (χ0n) is 14.8. The Morgan fingerprint density at radius 3 is 2.31 bits per heavy atom. The predicted octanol–water partition coefficient (Wildman–Crippen LogP) is 2.92. The van der Waals surface area contributed by atoms with Gasteiger partial charge in [-0.2, -0.15) is 0 Å². The minimum atomic E-state index is -3.27. The molecule has 0 atom stereocenters. The van der Waals surface area contributed by atoms with E-state index in [2.05, 4.69) is 22.2 Å². The van der Waals surface area contributed by atoms with Gasteiger partial charge in [-0.1, -0.05) is 42.5 Å². The highest BCUT2D eigenvalue weighted by Gasteiger charge is 2.08. The second-order valence-electron chi connectivity index (χ2n) is 5.82. The molecular weight excluding hydrogens is 368 g/mol. The van der Waals surface area contributed by atoms with Gasteiger partial charge < -0.3 is 5.32 Å². The van der Waals surface area contributed by atoms with Crippen LogP contribution in [0.15, 0.2) is 59.5 Å². The maximum atomic E-state index is 11.9. The van der Waals surface area contributed by atoms with E-state index < -0.39 is 10.0 Å². The molecule has 0 aliphatic heterocycles. The van der Waals surface area contributed by atoms with Crippen LogP contribution in [0.3, 0.4) is 0 Å². The van der Waals surface area contributed by atoms with Crippen LogP contribution in [-0.2, 0) is 27.1 Å². The molecule has 7 heteroatoms. The van der Waals surface area contributed by atoms with Crippen LogP contribution in [-0.4, -0.2) is 27.1 Å². The first kappa shape index (κ1) is 20.5. The zero-order valence-corrected chi connectivity index (χ0v) is 16.4. The van der Waals surface area contributed by atoms with Crippen LogP contribution in [0.5, 0.6) is 0 Å². The fraction of sp³-hybridized carbons (Fsp3) is 0.316. The van der Waals surface area contributed by atoms with Crippen molar-refractivity contribution in [2.75, 3.05) is 12.8 Å². The Balaban J connectivity index is 1.67. The molecule has 2 N–H and O–H groups in total. The SMILES string of the molecule is CNS(=O)(=O)Cc1ccc(CNC(=O)CCCSc2ccccc2)cc1. The van der Waals surface area contributed by atoms with Gasteiger partial charge >= 0.3 is 0 Å². The Labute approximate surface area is 159 Å². The van der Waals surface area contributed by atoms with Crippen molar-refractivity contribution >= 4 is 27.7 Å². The van der Waals surface area contributed by atoms with Crippen molar-refractivity contribution in [1.82, 2.24) is 10.0 Å². The highest BCUT2D eigenvalue weighted by Crippen LogP contribution is 2.18. The third-order valence-corrected chi connectivity index (χ3v) is 6.17. The summed E-state index contributed by atoms with van der Waals surface area (Å²) in [6.45, 7) is 0.448. The minimum Gasteiger partial charge on any atom is -0.352 e. The summed E-state index contributed by atoms with van der Waals surface area (Å²) in [7, 11) is -1.87. The second kappa shape index (κ2) is 10.4. The van der Waals surface area contributed by atoms with Gasteiger partial charge in [0.15, 0.2) is 0 Å². The Kier molecular flexibility index (Phi) is 8.15. The van der Waals surface area contributed by atoms with E-state index in [1.807, 2.05) is 30.3 Å². The molecule has 0 fully saturated rings. The van der Waals surface area contributed by atoms with Crippen LogP contribution in [0, 0.1) is 0 Å². The molecule has 0 saturated carbocycles. The summed E-state index contributed by atoms with van der Waals surface area (Å²) in [4.78, 5) is 13.1. The van der Waals surface area contributed by atoms with Crippen molar-refractivity contribution in [2.24, 2.45) is 0 Å². The number of amides is 1. The quantitative estimate of drug-likeness (QED) is 0.482. The Bertz CT molecular complexity index is 791. The molecule has 0 aliphatic carbocycles. The number of nitrogens with one attached hydrogen (secondary N) is 2. The van der Waals surface area contributed by atoms with Crippen LogP contribution >= 0.6 is 11.8 Å². The maximum absolute atomic E-state index is 11.9. The lowest BCUT2D eigenvalue weighted by molar-refractivity contribution is -0.121. The lowest BCUT2D eigenvalue weighted by Gasteiger charge is -2.07. The van der Waals surface area contributed by atoms with Crippen molar-refractivity contribution in [1.29, 1.82) is 0 Å². The molecule has 0 heterocycles. The number of benzene rings is 2. The van der Waals surface area contributed by atoms with Crippen molar-refractivity contribution in [3.05, 3.63) is 65.7 Å². The van der Waals surface area contributed by atoms with Gasteiger partial charge in [0.25, 0.3) is 0 Å². The highest BCUT2D eigenvalue weighted by atomic mass is 32.2. The van der Waals surface area contributed by atoms with E-state index >= 15 is 0 Å². The average Bonchev–Trinajstić information content (AvgIpc) is 2.65. The number of thioether (sulfide) groups is 1. The van der Waals surface area contributed by atoms with Crippen molar-refractivity contribution in [2.45, 2.75) is 30.0 Å². The molecule has 140 valence electrons. The van der Waals surface area contributed by atoms with Crippen LogP contribution in [0.25, 0.3) is 0 Å². The fourth-order valence-electron chi connectivity index (χ4n) is 2.27. The number of carbonyl (C=O) groups is 1. The smallest absolute Gasteiger partial charge is 0.220 e. The Hall–Kier alpha value is -1.83. The molecule has 0 aliphatic rings. The van der Waals surface area contributed by atoms with Gasteiger partial charge in [0, 0.05) is 17.9 Å². The molecule has 2 aromatic rings. The summed E-state index contributed by atoms with van der Waals surface area (Å²) in [5.74, 6) is 0.891. The van der Waals surface area contributed by atoms with Crippen molar-refractivity contribution in [3.63, 3.8) is 0 Å². The summed E-state index contributed by atoms with van der Waals surface area (Å²) in [6.07, 6.45) is 1.32. The summed E-state index contributed by atoms with van der Waals surface area (Å²) in [6, 6.07) is 17.4. The van der Waals surface area contributed by atoms with Crippen molar-refractivity contribution < 1.29 is 13.2 Å². The summed E-state index contributed by atoms with van der Waals surface area (Å²) in [5.41, 5.74) is 1.66. The molecule has 0 bridgehead atoms. The molecule has 0 radical (unpaired) electrons. The topological polar surface area (TPSA) is 75.3 Å². The van der Waals surface area contributed by atoms with Gasteiger partial charge in [0.05, 0.1) is 5.75 Å². The largest absolute Gasteiger partial charge is 0.352 e. The number of sulfonamides is 1. The van der Waals surface area contributed by atoms with Crippen LogP contribution in [0.2, 0.25) is 0 Å². The first-order chi connectivity index (χ1) is 12.5. The van der Waals surface area contributed by atoms with Crippen LogP contribution in [0.1, 0.15) is 24.0 Å². The first-order valence-corrected chi connectivity index (χ1v) is 11.1. The van der Waals surface area contributed by atoms with E-state index in [9.17, 15) is 13.2 Å². The van der Waals surface area contributed by atoms with Gasteiger partial charge in [0.2, 0.25) is 15.9 Å². The van der Waals surface area contributed by atoms with E-state index in [-0.39, 0.29) is 11.7 Å². The lowest BCUT2D eigenvalue weighted by Crippen LogP contribution is -2.22.